The molecule has 0 aromatic heterocycles. The van der Waals surface area contributed by atoms with Gasteiger partial charge in [-0.15, -0.1) is 12.4 Å². The van der Waals surface area contributed by atoms with Crippen molar-refractivity contribution in [3.8, 4) is 0 Å². The summed E-state index contributed by atoms with van der Waals surface area (Å²) in [5, 5.41) is 3.27. The van der Waals surface area contributed by atoms with E-state index in [1.165, 1.54) is 16.4 Å². The fourth-order valence-corrected chi connectivity index (χ4v) is 4.14. The summed E-state index contributed by atoms with van der Waals surface area (Å²) in [5.74, 6) is -0.572. The van der Waals surface area contributed by atoms with E-state index in [9.17, 15) is 12.8 Å². The number of benzene rings is 1. The lowest BCUT2D eigenvalue weighted by molar-refractivity contribution is 0.263. The predicted octanol–water partition coefficient (Wildman–Crippen LogP) is 2.38. The lowest BCUT2D eigenvalue weighted by atomic mass is 10.2. The molecule has 114 valence electrons. The Morgan fingerprint density at radius 2 is 1.85 bits per heavy atom. The first-order valence-electron chi connectivity index (χ1n) is 6.02. The number of halogens is 3. The van der Waals surface area contributed by atoms with Gasteiger partial charge < -0.3 is 5.32 Å². The number of nitrogens with one attached hydrogen (secondary N) is 1. The van der Waals surface area contributed by atoms with Gasteiger partial charge in [0.15, 0.2) is 0 Å². The summed E-state index contributed by atoms with van der Waals surface area (Å²) < 4.78 is 40.1. The molecule has 0 radical (unpaired) electrons. The number of hydrogen-bond donors (Lipinski definition) is 1. The van der Waals surface area contributed by atoms with Gasteiger partial charge >= 0.3 is 0 Å². The van der Waals surface area contributed by atoms with Crippen molar-refractivity contribution in [3.05, 3.63) is 28.5 Å². The zero-order chi connectivity index (χ0) is 14.2. The largest absolute Gasteiger partial charge is 0.309 e. The zero-order valence-electron chi connectivity index (χ0n) is 11.1. The van der Waals surface area contributed by atoms with E-state index in [0.29, 0.717) is 13.1 Å². The van der Waals surface area contributed by atoms with Gasteiger partial charge in [-0.05, 0) is 48.0 Å². The minimum absolute atomic E-state index is 0. The quantitative estimate of drug-likeness (QED) is 0.847. The van der Waals surface area contributed by atoms with Crippen LogP contribution in [0.4, 0.5) is 4.39 Å². The van der Waals surface area contributed by atoms with Crippen molar-refractivity contribution in [1.29, 1.82) is 0 Å². The molecule has 1 N–H and O–H groups in total. The third-order valence-corrected chi connectivity index (χ3v) is 5.52. The molecule has 1 aromatic carbocycles. The van der Waals surface area contributed by atoms with Crippen molar-refractivity contribution in [2.75, 3.05) is 13.1 Å². The lowest BCUT2D eigenvalue weighted by Crippen LogP contribution is -2.55. The smallest absolute Gasteiger partial charge is 0.243 e. The Morgan fingerprint density at radius 1 is 1.30 bits per heavy atom. The molecule has 1 saturated heterocycles. The number of rotatable bonds is 2. The van der Waals surface area contributed by atoms with Crippen LogP contribution in [0.1, 0.15) is 13.8 Å². The van der Waals surface area contributed by atoms with Crippen LogP contribution < -0.4 is 5.32 Å². The van der Waals surface area contributed by atoms with Crippen LogP contribution in [0.15, 0.2) is 27.6 Å². The van der Waals surface area contributed by atoms with Crippen molar-refractivity contribution in [2.24, 2.45) is 0 Å². The molecule has 20 heavy (non-hydrogen) atoms. The van der Waals surface area contributed by atoms with Gasteiger partial charge in [-0.2, -0.15) is 4.31 Å². The molecule has 0 aliphatic carbocycles. The summed E-state index contributed by atoms with van der Waals surface area (Å²) >= 11 is 3.02. The van der Waals surface area contributed by atoms with E-state index in [2.05, 4.69) is 21.2 Å². The van der Waals surface area contributed by atoms with Gasteiger partial charge in [-0.1, -0.05) is 0 Å². The van der Waals surface area contributed by atoms with Crippen molar-refractivity contribution in [2.45, 2.75) is 30.8 Å². The topological polar surface area (TPSA) is 49.4 Å². The summed E-state index contributed by atoms with van der Waals surface area (Å²) in [5.41, 5.74) is 0. The average molecular weight is 388 g/mol. The summed E-state index contributed by atoms with van der Waals surface area (Å²) in [6.45, 7) is 4.65. The highest BCUT2D eigenvalue weighted by atomic mass is 79.9. The molecule has 1 aliphatic rings. The Labute approximate surface area is 133 Å². The molecule has 0 amide bonds. The fraction of sp³-hybridized carbons (Fsp3) is 0.500. The van der Waals surface area contributed by atoms with Gasteiger partial charge in [0, 0.05) is 25.2 Å². The Morgan fingerprint density at radius 3 is 2.35 bits per heavy atom. The number of piperazine rings is 1. The normalized spacial score (nSPS) is 24.2. The Kier molecular flexibility index (Phi) is 5.98. The molecule has 1 aromatic rings. The molecule has 1 heterocycles. The van der Waals surface area contributed by atoms with Crippen LogP contribution in [0.2, 0.25) is 0 Å². The van der Waals surface area contributed by atoms with Gasteiger partial charge in [0.25, 0.3) is 0 Å². The molecule has 0 saturated carbocycles. The second-order valence-electron chi connectivity index (χ2n) is 4.87. The molecule has 2 atom stereocenters. The second-order valence-corrected chi connectivity index (χ2v) is 7.66. The summed E-state index contributed by atoms with van der Waals surface area (Å²) in [7, 11) is -3.63. The van der Waals surface area contributed by atoms with E-state index in [1.54, 1.807) is 0 Å². The van der Waals surface area contributed by atoms with E-state index in [0.717, 1.165) is 6.07 Å². The molecule has 2 rings (SSSR count). The van der Waals surface area contributed by atoms with Crippen LogP contribution in [0.5, 0.6) is 0 Å². The van der Waals surface area contributed by atoms with Crippen LogP contribution in [-0.4, -0.2) is 37.9 Å². The Hall–Kier alpha value is -0.210. The third kappa shape index (κ3) is 3.71. The van der Waals surface area contributed by atoms with Gasteiger partial charge in [-0.3, -0.25) is 0 Å². The van der Waals surface area contributed by atoms with Crippen molar-refractivity contribution in [3.63, 3.8) is 0 Å². The van der Waals surface area contributed by atoms with E-state index < -0.39 is 15.8 Å². The van der Waals surface area contributed by atoms with Crippen LogP contribution >= 0.6 is 28.3 Å². The molecule has 8 heteroatoms. The Bertz CT molecular complexity index is 575. The van der Waals surface area contributed by atoms with Gasteiger partial charge in [-0.25, -0.2) is 12.8 Å². The standard InChI is InChI=1S/C12H16BrFN2O2S.ClH/c1-8-6-16(7-9(2)15-8)19(17,18)10-3-4-11(13)12(14)5-10;/h3-5,8-9,15H,6-7H2,1-2H3;1H. The SMILES string of the molecule is CC1CN(S(=O)(=O)c2ccc(Br)c(F)c2)CC(C)N1.Cl. The summed E-state index contributed by atoms with van der Waals surface area (Å²) in [6, 6.07) is 4.05. The Balaban J connectivity index is 0.00000200. The van der Waals surface area contributed by atoms with Crippen molar-refractivity contribution < 1.29 is 12.8 Å². The van der Waals surface area contributed by atoms with E-state index in [4.69, 9.17) is 0 Å². The van der Waals surface area contributed by atoms with Gasteiger partial charge in [0.1, 0.15) is 5.82 Å². The van der Waals surface area contributed by atoms with Crippen molar-refractivity contribution in [1.82, 2.24) is 9.62 Å². The molecule has 0 spiro atoms. The van der Waals surface area contributed by atoms with Crippen molar-refractivity contribution >= 4 is 38.4 Å². The summed E-state index contributed by atoms with van der Waals surface area (Å²) in [6.07, 6.45) is 0. The third-order valence-electron chi connectivity index (χ3n) is 3.05. The maximum Gasteiger partial charge on any atom is 0.243 e. The fourth-order valence-electron chi connectivity index (χ4n) is 2.26. The highest BCUT2D eigenvalue weighted by Crippen LogP contribution is 2.23. The van der Waals surface area contributed by atoms with E-state index in [-0.39, 0.29) is 33.9 Å². The van der Waals surface area contributed by atoms with Crippen LogP contribution in [0, 0.1) is 5.82 Å². The summed E-state index contributed by atoms with van der Waals surface area (Å²) in [4.78, 5) is -0.00509. The minimum Gasteiger partial charge on any atom is -0.309 e. The predicted molar refractivity (Wildman–Crippen MR) is 82.2 cm³/mol. The monoisotopic (exact) mass is 386 g/mol. The van der Waals surface area contributed by atoms with E-state index in [1.807, 2.05) is 13.8 Å². The average Bonchev–Trinajstić information content (AvgIpc) is 2.31. The van der Waals surface area contributed by atoms with Crippen LogP contribution in [0.3, 0.4) is 0 Å². The molecular weight excluding hydrogens is 371 g/mol. The number of hydrogen-bond acceptors (Lipinski definition) is 3. The molecule has 4 nitrogen and oxygen atoms in total. The second kappa shape index (κ2) is 6.70. The first-order valence-corrected chi connectivity index (χ1v) is 8.25. The van der Waals surface area contributed by atoms with E-state index >= 15 is 0 Å². The number of nitrogens with zero attached hydrogens (tertiary/aromatic N) is 1. The molecule has 2 unspecified atom stereocenters. The maximum atomic E-state index is 13.5. The first kappa shape index (κ1) is 17.8. The van der Waals surface area contributed by atoms with Crippen LogP contribution in [0.25, 0.3) is 0 Å². The maximum absolute atomic E-state index is 13.5. The highest BCUT2D eigenvalue weighted by Gasteiger charge is 2.31. The minimum atomic E-state index is -3.63. The zero-order valence-corrected chi connectivity index (χ0v) is 14.4. The van der Waals surface area contributed by atoms with Gasteiger partial charge in [0.05, 0.1) is 9.37 Å². The van der Waals surface area contributed by atoms with Crippen LogP contribution in [-0.2, 0) is 10.0 Å². The van der Waals surface area contributed by atoms with Gasteiger partial charge in [0.2, 0.25) is 10.0 Å². The number of sulfonamides is 1. The molecular formula is C12H17BrClFN2O2S. The highest BCUT2D eigenvalue weighted by molar-refractivity contribution is 9.10. The lowest BCUT2D eigenvalue weighted by Gasteiger charge is -2.35. The molecule has 0 bridgehead atoms. The first-order chi connectivity index (χ1) is 8.80. The molecule has 1 fully saturated rings. The molecule has 1 aliphatic heterocycles.